The third-order valence-corrected chi connectivity index (χ3v) is 4.28. The molecule has 0 amide bonds. The second kappa shape index (κ2) is 5.07. The molecular formula is C15H22O2. The molecule has 1 N–H and O–H groups in total. The molecule has 0 aliphatic heterocycles. The molecule has 0 saturated heterocycles. The molecular weight excluding hydrogens is 212 g/mol. The fraction of sp³-hybridized carbons (Fsp3) is 0.667. The zero-order chi connectivity index (χ0) is 12.4. The molecule has 1 fully saturated rings. The van der Waals surface area contributed by atoms with Crippen molar-refractivity contribution in [1.29, 1.82) is 0 Å². The Bertz CT molecular complexity index is 354. The third-order valence-electron chi connectivity index (χ3n) is 4.28. The van der Waals surface area contributed by atoms with Crippen LogP contribution in [-0.2, 0) is 4.79 Å². The van der Waals surface area contributed by atoms with Crippen molar-refractivity contribution in [1.82, 2.24) is 0 Å². The molecule has 2 rings (SSSR count). The van der Waals surface area contributed by atoms with Gasteiger partial charge >= 0.3 is 5.97 Å². The topological polar surface area (TPSA) is 37.3 Å². The highest BCUT2D eigenvalue weighted by Crippen LogP contribution is 2.44. The molecule has 2 aliphatic rings. The van der Waals surface area contributed by atoms with Gasteiger partial charge in [-0.2, -0.15) is 0 Å². The van der Waals surface area contributed by atoms with Crippen molar-refractivity contribution >= 4 is 5.97 Å². The second-order valence-electron chi connectivity index (χ2n) is 5.66. The second-order valence-corrected chi connectivity index (χ2v) is 5.66. The summed E-state index contributed by atoms with van der Waals surface area (Å²) in [4.78, 5) is 10.7. The number of aliphatic carboxylic acids is 1. The highest BCUT2D eigenvalue weighted by Gasteiger charge is 2.33. The predicted molar refractivity (Wildman–Crippen MR) is 68.6 cm³/mol. The summed E-state index contributed by atoms with van der Waals surface area (Å²) in [6.07, 6.45) is 10.5. The number of carboxylic acid groups (broad SMARTS) is 1. The summed E-state index contributed by atoms with van der Waals surface area (Å²) in [6, 6.07) is 0. The Morgan fingerprint density at radius 1 is 1.41 bits per heavy atom. The van der Waals surface area contributed by atoms with Crippen LogP contribution in [0.2, 0.25) is 0 Å². The largest absolute Gasteiger partial charge is 0.481 e. The standard InChI is InChI=1S/C15H22O2/c1-10-3-6-14-12(9-10)5-4-11(2)13(14)7-8-15(16)17/h4-5,7,10-12,14H,3,6,8-9H2,1-2H3,(H,16,17)/t10-,11+,12+,14+/m1/s1. The molecule has 0 bridgehead atoms. The van der Waals surface area contributed by atoms with Crippen LogP contribution in [0.15, 0.2) is 23.8 Å². The van der Waals surface area contributed by atoms with Gasteiger partial charge in [0.2, 0.25) is 0 Å². The van der Waals surface area contributed by atoms with Gasteiger partial charge in [0.15, 0.2) is 0 Å². The minimum absolute atomic E-state index is 0.173. The molecule has 94 valence electrons. The van der Waals surface area contributed by atoms with E-state index in [4.69, 9.17) is 5.11 Å². The lowest BCUT2D eigenvalue weighted by molar-refractivity contribution is -0.136. The molecule has 0 heterocycles. The van der Waals surface area contributed by atoms with Crippen LogP contribution in [0.5, 0.6) is 0 Å². The maximum absolute atomic E-state index is 10.7. The molecule has 2 nitrogen and oxygen atoms in total. The van der Waals surface area contributed by atoms with Crippen molar-refractivity contribution in [3.05, 3.63) is 23.8 Å². The van der Waals surface area contributed by atoms with Crippen molar-refractivity contribution in [2.75, 3.05) is 0 Å². The molecule has 0 radical (unpaired) electrons. The van der Waals surface area contributed by atoms with E-state index in [1.807, 2.05) is 6.08 Å². The zero-order valence-corrected chi connectivity index (χ0v) is 10.7. The first-order valence-electron chi connectivity index (χ1n) is 6.68. The number of carboxylic acids is 1. The van der Waals surface area contributed by atoms with E-state index in [0.29, 0.717) is 17.8 Å². The van der Waals surface area contributed by atoms with E-state index in [1.165, 1.54) is 24.8 Å². The van der Waals surface area contributed by atoms with Gasteiger partial charge in [-0.05, 0) is 36.5 Å². The van der Waals surface area contributed by atoms with E-state index in [-0.39, 0.29) is 6.42 Å². The minimum atomic E-state index is -0.722. The average molecular weight is 234 g/mol. The fourth-order valence-corrected chi connectivity index (χ4v) is 3.35. The van der Waals surface area contributed by atoms with Crippen molar-refractivity contribution in [3.8, 4) is 0 Å². The van der Waals surface area contributed by atoms with Gasteiger partial charge in [-0.15, -0.1) is 0 Å². The van der Waals surface area contributed by atoms with Gasteiger partial charge in [0, 0.05) is 0 Å². The summed E-state index contributed by atoms with van der Waals surface area (Å²) in [5.41, 5.74) is 1.37. The summed E-state index contributed by atoms with van der Waals surface area (Å²) in [7, 11) is 0. The van der Waals surface area contributed by atoms with Crippen LogP contribution >= 0.6 is 0 Å². The van der Waals surface area contributed by atoms with Crippen LogP contribution in [-0.4, -0.2) is 11.1 Å². The van der Waals surface area contributed by atoms with Gasteiger partial charge in [-0.3, -0.25) is 4.79 Å². The maximum atomic E-state index is 10.7. The van der Waals surface area contributed by atoms with Crippen molar-refractivity contribution < 1.29 is 9.90 Å². The first kappa shape index (κ1) is 12.4. The Kier molecular flexibility index (Phi) is 3.70. The lowest BCUT2D eigenvalue weighted by Gasteiger charge is -2.39. The maximum Gasteiger partial charge on any atom is 0.307 e. The van der Waals surface area contributed by atoms with E-state index in [9.17, 15) is 4.79 Å². The van der Waals surface area contributed by atoms with Crippen LogP contribution in [0.4, 0.5) is 0 Å². The van der Waals surface area contributed by atoms with E-state index in [1.54, 1.807) is 0 Å². The summed E-state index contributed by atoms with van der Waals surface area (Å²) in [5.74, 6) is 1.76. The Hall–Kier alpha value is -1.05. The SMILES string of the molecule is C[C@@H]1CC[C@@H]2C(=CCC(=O)O)[C@@H](C)C=C[C@H]2C1. The minimum Gasteiger partial charge on any atom is -0.481 e. The molecule has 0 unspecified atom stereocenters. The van der Waals surface area contributed by atoms with Gasteiger partial charge in [0.1, 0.15) is 0 Å². The third kappa shape index (κ3) is 2.80. The van der Waals surface area contributed by atoms with Gasteiger partial charge in [0.05, 0.1) is 6.42 Å². The average Bonchev–Trinajstić information content (AvgIpc) is 2.27. The molecule has 1 saturated carbocycles. The fourth-order valence-electron chi connectivity index (χ4n) is 3.35. The van der Waals surface area contributed by atoms with Crippen LogP contribution in [0.25, 0.3) is 0 Å². The highest BCUT2D eigenvalue weighted by molar-refractivity contribution is 5.68. The zero-order valence-electron chi connectivity index (χ0n) is 10.7. The van der Waals surface area contributed by atoms with Gasteiger partial charge in [-0.25, -0.2) is 0 Å². The lowest BCUT2D eigenvalue weighted by Crippen LogP contribution is -2.28. The smallest absolute Gasteiger partial charge is 0.307 e. The van der Waals surface area contributed by atoms with E-state index in [0.717, 1.165) is 5.92 Å². The van der Waals surface area contributed by atoms with Crippen molar-refractivity contribution in [2.24, 2.45) is 23.7 Å². The Morgan fingerprint density at radius 2 is 2.18 bits per heavy atom. The Labute approximate surface area is 103 Å². The molecule has 0 aromatic carbocycles. The molecule has 0 spiro atoms. The Balaban J connectivity index is 2.17. The number of hydrogen-bond donors (Lipinski definition) is 1. The molecule has 0 aromatic heterocycles. The highest BCUT2D eigenvalue weighted by atomic mass is 16.4. The number of rotatable bonds is 2. The molecule has 0 aromatic rings. The molecule has 2 heteroatoms. The molecule has 2 aliphatic carbocycles. The monoisotopic (exact) mass is 234 g/mol. The van der Waals surface area contributed by atoms with Crippen LogP contribution < -0.4 is 0 Å². The van der Waals surface area contributed by atoms with Gasteiger partial charge < -0.3 is 5.11 Å². The van der Waals surface area contributed by atoms with E-state index in [2.05, 4.69) is 26.0 Å². The lowest BCUT2D eigenvalue weighted by atomic mass is 9.66. The molecule has 17 heavy (non-hydrogen) atoms. The van der Waals surface area contributed by atoms with E-state index < -0.39 is 5.97 Å². The predicted octanol–water partition coefficient (Wildman–Crippen LogP) is 3.65. The van der Waals surface area contributed by atoms with Crippen LogP contribution in [0.1, 0.15) is 39.5 Å². The summed E-state index contributed by atoms with van der Waals surface area (Å²) >= 11 is 0. The number of hydrogen-bond acceptors (Lipinski definition) is 1. The van der Waals surface area contributed by atoms with Crippen molar-refractivity contribution in [2.45, 2.75) is 39.5 Å². The first-order chi connectivity index (χ1) is 8.08. The summed E-state index contributed by atoms with van der Waals surface area (Å²) in [5, 5.41) is 8.81. The van der Waals surface area contributed by atoms with Crippen LogP contribution in [0, 0.1) is 23.7 Å². The van der Waals surface area contributed by atoms with Crippen LogP contribution in [0.3, 0.4) is 0 Å². The first-order valence-corrected chi connectivity index (χ1v) is 6.68. The summed E-state index contributed by atoms with van der Waals surface area (Å²) < 4.78 is 0. The number of allylic oxidation sites excluding steroid dienone is 3. The van der Waals surface area contributed by atoms with Crippen molar-refractivity contribution in [3.63, 3.8) is 0 Å². The quantitative estimate of drug-likeness (QED) is 0.740. The number of carbonyl (C=O) groups is 1. The molecule has 4 atom stereocenters. The van der Waals surface area contributed by atoms with E-state index >= 15 is 0 Å². The van der Waals surface area contributed by atoms with Gasteiger partial charge in [0.25, 0.3) is 0 Å². The normalized spacial score (nSPS) is 39.1. The number of fused-ring (bicyclic) bond motifs is 1. The van der Waals surface area contributed by atoms with Gasteiger partial charge in [-0.1, -0.05) is 44.1 Å². The Morgan fingerprint density at radius 3 is 2.88 bits per heavy atom. The summed E-state index contributed by atoms with van der Waals surface area (Å²) in [6.45, 7) is 4.50.